The quantitative estimate of drug-likeness (QED) is 0.559. The van der Waals surface area contributed by atoms with Crippen LogP contribution in [0.25, 0.3) is 0 Å². The third kappa shape index (κ3) is 6.26. The molecular formula is C18H19ClN2O2S. The number of hydrogen-bond donors (Lipinski definition) is 2. The lowest BCUT2D eigenvalue weighted by atomic mass is 10.2. The van der Waals surface area contributed by atoms with E-state index in [0.29, 0.717) is 17.1 Å². The predicted molar refractivity (Wildman–Crippen MR) is 98.6 cm³/mol. The van der Waals surface area contributed by atoms with Crippen LogP contribution in [0, 0.1) is 0 Å². The van der Waals surface area contributed by atoms with Crippen molar-refractivity contribution in [3.63, 3.8) is 0 Å². The Hall–Kier alpha value is -1.98. The summed E-state index contributed by atoms with van der Waals surface area (Å²) in [7, 11) is 0. The first-order valence-corrected chi connectivity index (χ1v) is 9.00. The summed E-state index contributed by atoms with van der Waals surface area (Å²) < 4.78 is 0. The highest BCUT2D eigenvalue weighted by Gasteiger charge is 2.10. The van der Waals surface area contributed by atoms with Crippen molar-refractivity contribution in [2.75, 3.05) is 18.8 Å². The van der Waals surface area contributed by atoms with E-state index in [4.69, 9.17) is 11.6 Å². The first-order chi connectivity index (χ1) is 11.7. The molecule has 0 aliphatic carbocycles. The molecule has 0 spiro atoms. The minimum atomic E-state index is -0.351. The largest absolute Gasteiger partial charge is 0.355 e. The Morgan fingerprint density at radius 2 is 1.67 bits per heavy atom. The molecule has 126 valence electrons. The molecule has 2 amide bonds. The van der Waals surface area contributed by atoms with Gasteiger partial charge < -0.3 is 10.6 Å². The second-order valence-corrected chi connectivity index (χ2v) is 6.60. The third-order valence-corrected chi connectivity index (χ3v) is 4.61. The van der Waals surface area contributed by atoms with E-state index < -0.39 is 0 Å². The van der Waals surface area contributed by atoms with E-state index in [0.717, 1.165) is 12.2 Å². The van der Waals surface area contributed by atoms with Gasteiger partial charge in [-0.3, -0.25) is 9.59 Å². The maximum Gasteiger partial charge on any atom is 0.253 e. The van der Waals surface area contributed by atoms with Gasteiger partial charge in [0, 0.05) is 11.4 Å². The van der Waals surface area contributed by atoms with E-state index in [1.54, 1.807) is 36.0 Å². The number of amides is 2. The fourth-order valence-electron chi connectivity index (χ4n) is 1.97. The van der Waals surface area contributed by atoms with Crippen LogP contribution in [0.2, 0.25) is 5.02 Å². The van der Waals surface area contributed by atoms with E-state index in [2.05, 4.69) is 22.8 Å². The second-order valence-electron chi connectivity index (χ2n) is 5.03. The van der Waals surface area contributed by atoms with Crippen molar-refractivity contribution < 1.29 is 9.59 Å². The van der Waals surface area contributed by atoms with Crippen LogP contribution >= 0.6 is 23.4 Å². The zero-order valence-corrected chi connectivity index (χ0v) is 14.7. The molecule has 2 aromatic carbocycles. The molecular weight excluding hydrogens is 344 g/mol. The Morgan fingerprint density at radius 3 is 2.42 bits per heavy atom. The van der Waals surface area contributed by atoms with Crippen molar-refractivity contribution in [3.8, 4) is 0 Å². The molecule has 0 heterocycles. The molecule has 0 radical (unpaired) electrons. The lowest BCUT2D eigenvalue weighted by molar-refractivity contribution is -0.120. The molecule has 0 bridgehead atoms. The summed E-state index contributed by atoms with van der Waals surface area (Å²) in [6.45, 7) is 0.524. The topological polar surface area (TPSA) is 58.2 Å². The second kappa shape index (κ2) is 10.0. The molecule has 24 heavy (non-hydrogen) atoms. The van der Waals surface area contributed by atoms with E-state index in [9.17, 15) is 9.59 Å². The van der Waals surface area contributed by atoms with Gasteiger partial charge in [-0.1, -0.05) is 41.9 Å². The van der Waals surface area contributed by atoms with Crippen LogP contribution in [-0.4, -0.2) is 30.7 Å². The van der Waals surface area contributed by atoms with Gasteiger partial charge in [0.25, 0.3) is 5.91 Å². The molecule has 2 aromatic rings. The Bertz CT molecular complexity index is 680. The van der Waals surface area contributed by atoms with Crippen LogP contribution in [0.3, 0.4) is 0 Å². The Morgan fingerprint density at radius 1 is 0.958 bits per heavy atom. The minimum Gasteiger partial charge on any atom is -0.355 e. The lowest BCUT2D eigenvalue weighted by Gasteiger charge is -2.08. The van der Waals surface area contributed by atoms with Gasteiger partial charge in [0.15, 0.2) is 0 Å². The van der Waals surface area contributed by atoms with Crippen molar-refractivity contribution in [2.24, 2.45) is 0 Å². The summed E-state index contributed by atoms with van der Waals surface area (Å²) in [6, 6.07) is 16.9. The first kappa shape index (κ1) is 18.4. The first-order valence-electron chi connectivity index (χ1n) is 7.64. The standard InChI is InChI=1S/C18H19ClN2O2S/c19-16-10-5-4-9-15(16)18(23)21-13-17(22)20-11-6-12-24-14-7-2-1-3-8-14/h1-5,7-10H,6,11-13H2,(H,20,22)(H,21,23). The summed E-state index contributed by atoms with van der Waals surface area (Å²) in [5.41, 5.74) is 0.367. The smallest absolute Gasteiger partial charge is 0.253 e. The van der Waals surface area contributed by atoms with Crippen LogP contribution in [0.4, 0.5) is 0 Å². The summed E-state index contributed by atoms with van der Waals surface area (Å²) in [5.74, 6) is 0.367. The molecule has 0 aromatic heterocycles. The SMILES string of the molecule is O=C(CNC(=O)c1ccccc1Cl)NCCCSc1ccccc1. The van der Waals surface area contributed by atoms with Gasteiger partial charge in [0.1, 0.15) is 0 Å². The summed E-state index contributed by atoms with van der Waals surface area (Å²) >= 11 is 7.69. The van der Waals surface area contributed by atoms with Crippen LogP contribution in [-0.2, 0) is 4.79 Å². The highest BCUT2D eigenvalue weighted by Crippen LogP contribution is 2.17. The van der Waals surface area contributed by atoms with E-state index in [1.807, 2.05) is 18.2 Å². The van der Waals surface area contributed by atoms with Crippen LogP contribution in [0.15, 0.2) is 59.5 Å². The van der Waals surface area contributed by atoms with Gasteiger partial charge >= 0.3 is 0 Å². The number of carbonyl (C=O) groups is 2. The van der Waals surface area contributed by atoms with Gasteiger partial charge in [0.2, 0.25) is 5.91 Å². The van der Waals surface area contributed by atoms with Crippen LogP contribution in [0.1, 0.15) is 16.8 Å². The number of carbonyl (C=O) groups excluding carboxylic acids is 2. The molecule has 4 nitrogen and oxygen atoms in total. The molecule has 0 saturated heterocycles. The zero-order chi connectivity index (χ0) is 17.2. The zero-order valence-electron chi connectivity index (χ0n) is 13.1. The van der Waals surface area contributed by atoms with Crippen molar-refractivity contribution in [1.29, 1.82) is 0 Å². The predicted octanol–water partition coefficient (Wildman–Crippen LogP) is 3.37. The minimum absolute atomic E-state index is 0.0596. The van der Waals surface area contributed by atoms with Gasteiger partial charge in [0.05, 0.1) is 17.1 Å². The molecule has 0 aliphatic heterocycles. The van der Waals surface area contributed by atoms with Crippen molar-refractivity contribution in [2.45, 2.75) is 11.3 Å². The fourth-order valence-corrected chi connectivity index (χ4v) is 3.07. The van der Waals surface area contributed by atoms with Crippen molar-refractivity contribution in [1.82, 2.24) is 10.6 Å². The van der Waals surface area contributed by atoms with E-state index in [-0.39, 0.29) is 18.4 Å². The highest BCUT2D eigenvalue weighted by atomic mass is 35.5. The van der Waals surface area contributed by atoms with Crippen LogP contribution < -0.4 is 10.6 Å². The number of halogens is 1. The van der Waals surface area contributed by atoms with Crippen molar-refractivity contribution >= 4 is 35.2 Å². The van der Waals surface area contributed by atoms with Gasteiger partial charge in [-0.2, -0.15) is 0 Å². The van der Waals surface area contributed by atoms with Crippen LogP contribution in [0.5, 0.6) is 0 Å². The summed E-state index contributed by atoms with van der Waals surface area (Å²) in [4.78, 5) is 24.9. The van der Waals surface area contributed by atoms with Gasteiger partial charge in [-0.25, -0.2) is 0 Å². The molecule has 0 unspecified atom stereocenters. The maximum absolute atomic E-state index is 11.9. The summed E-state index contributed by atoms with van der Waals surface area (Å²) in [6.07, 6.45) is 0.865. The fraction of sp³-hybridized carbons (Fsp3) is 0.222. The molecule has 2 rings (SSSR count). The Labute approximate surface area is 151 Å². The lowest BCUT2D eigenvalue weighted by Crippen LogP contribution is -2.37. The Kier molecular flexibility index (Phi) is 7.65. The molecule has 0 atom stereocenters. The third-order valence-electron chi connectivity index (χ3n) is 3.18. The Balaban J connectivity index is 1.60. The summed E-state index contributed by atoms with van der Waals surface area (Å²) in [5, 5.41) is 5.72. The van der Waals surface area contributed by atoms with Crippen molar-refractivity contribution in [3.05, 3.63) is 65.2 Å². The van der Waals surface area contributed by atoms with E-state index >= 15 is 0 Å². The van der Waals surface area contributed by atoms with E-state index in [1.165, 1.54) is 4.90 Å². The number of thioether (sulfide) groups is 1. The monoisotopic (exact) mass is 362 g/mol. The molecule has 0 aliphatic rings. The molecule has 6 heteroatoms. The highest BCUT2D eigenvalue weighted by molar-refractivity contribution is 7.99. The maximum atomic E-state index is 11.9. The molecule has 0 saturated carbocycles. The van der Waals surface area contributed by atoms with Gasteiger partial charge in [-0.05, 0) is 36.4 Å². The number of nitrogens with one attached hydrogen (secondary N) is 2. The number of benzene rings is 2. The average molecular weight is 363 g/mol. The molecule has 2 N–H and O–H groups in total. The average Bonchev–Trinajstić information content (AvgIpc) is 2.60. The number of hydrogen-bond acceptors (Lipinski definition) is 3. The molecule has 0 fully saturated rings. The number of rotatable bonds is 8. The normalized spacial score (nSPS) is 10.2. The van der Waals surface area contributed by atoms with Gasteiger partial charge in [-0.15, -0.1) is 11.8 Å².